The minimum atomic E-state index is -0.487. The number of imide groups is 1. The molecule has 1 N–H and O–H groups in total. The van der Waals surface area contributed by atoms with Gasteiger partial charge in [0.05, 0.1) is 31.5 Å². The van der Waals surface area contributed by atoms with Gasteiger partial charge in [0, 0.05) is 6.42 Å². The fraction of sp³-hybridized carbons (Fsp3) is 0.278. The zero-order chi connectivity index (χ0) is 20.8. The molecule has 1 aliphatic rings. The summed E-state index contributed by atoms with van der Waals surface area (Å²) in [7, 11) is 3.15. The van der Waals surface area contributed by atoms with Crippen LogP contribution in [0.25, 0.3) is 11.3 Å². The molecule has 152 valence electrons. The summed E-state index contributed by atoms with van der Waals surface area (Å²) in [5.41, 5.74) is 2.12. The first-order chi connectivity index (χ1) is 14.1. The summed E-state index contributed by atoms with van der Waals surface area (Å²) in [6.45, 7) is 0. The zero-order valence-electron chi connectivity index (χ0n) is 15.7. The highest BCUT2D eigenvalue weighted by Crippen LogP contribution is 2.34. The van der Waals surface area contributed by atoms with Crippen LogP contribution >= 0.6 is 22.7 Å². The fourth-order valence-electron chi connectivity index (χ4n) is 2.69. The molecule has 1 saturated heterocycles. The summed E-state index contributed by atoms with van der Waals surface area (Å²) in [5.74, 6) is -0.582. The molecule has 4 rings (SSSR count). The minimum Gasteiger partial charge on any atom is -0.487 e. The Morgan fingerprint density at radius 2 is 1.90 bits per heavy atom. The van der Waals surface area contributed by atoms with E-state index in [2.05, 4.69) is 15.6 Å². The Morgan fingerprint density at radius 1 is 1.17 bits per heavy atom. The second-order valence-corrected chi connectivity index (χ2v) is 7.62. The maximum absolute atomic E-state index is 11.8. The molecule has 0 aliphatic carbocycles. The number of aromatic nitrogens is 3. The van der Waals surface area contributed by atoms with Crippen molar-refractivity contribution in [3.63, 3.8) is 0 Å². The van der Waals surface area contributed by atoms with Gasteiger partial charge < -0.3 is 9.47 Å². The molecular formula is C18H18N4O5S2. The van der Waals surface area contributed by atoms with Gasteiger partial charge in [-0.2, -0.15) is 0 Å². The molecule has 0 saturated carbocycles. The van der Waals surface area contributed by atoms with Gasteiger partial charge >= 0.3 is 0 Å². The number of nitrogens with zero attached hydrogens (tertiary/aromatic N) is 3. The standard InChI is InChI=1S/C12H12N4O3S.C6H6O2S/c1-19-12-7(4-5-20-12)8-6-16(15-14-8)9-2-3-10(17)13-11(9)18;1-8-6-5(4-7)2-3-9-6/h4-6,9H,2-3H2,1H3,(H,13,17,18);2-4H,1H3. The van der Waals surface area contributed by atoms with Gasteiger partial charge in [0.15, 0.2) is 16.4 Å². The molecule has 11 heteroatoms. The van der Waals surface area contributed by atoms with Crippen LogP contribution in [-0.2, 0) is 9.59 Å². The van der Waals surface area contributed by atoms with Crippen LogP contribution in [0.15, 0.2) is 29.1 Å². The molecule has 3 aromatic heterocycles. The largest absolute Gasteiger partial charge is 0.487 e. The number of thiophene rings is 2. The number of aldehydes is 1. The summed E-state index contributed by atoms with van der Waals surface area (Å²) in [6.07, 6.45) is 3.24. The second kappa shape index (κ2) is 9.43. The number of rotatable bonds is 5. The number of methoxy groups -OCH3 is 2. The van der Waals surface area contributed by atoms with Crippen molar-refractivity contribution in [2.75, 3.05) is 14.2 Å². The first-order valence-electron chi connectivity index (χ1n) is 8.51. The van der Waals surface area contributed by atoms with E-state index >= 15 is 0 Å². The number of hydrogen-bond donors (Lipinski definition) is 1. The van der Waals surface area contributed by atoms with Gasteiger partial charge in [0.2, 0.25) is 5.91 Å². The highest BCUT2D eigenvalue weighted by atomic mass is 32.1. The van der Waals surface area contributed by atoms with Crippen LogP contribution in [-0.4, -0.2) is 47.3 Å². The smallest absolute Gasteiger partial charge is 0.251 e. The molecule has 1 fully saturated rings. The summed E-state index contributed by atoms with van der Waals surface area (Å²) in [5, 5.41) is 15.5. The Balaban J connectivity index is 0.000000224. The van der Waals surface area contributed by atoms with E-state index in [9.17, 15) is 14.4 Å². The van der Waals surface area contributed by atoms with Crippen LogP contribution in [0.2, 0.25) is 0 Å². The first kappa shape index (κ1) is 20.7. The molecule has 1 atom stereocenters. The topological polar surface area (TPSA) is 112 Å². The van der Waals surface area contributed by atoms with Crippen molar-refractivity contribution in [3.05, 3.63) is 34.7 Å². The van der Waals surface area contributed by atoms with Crippen LogP contribution in [0.4, 0.5) is 0 Å². The predicted molar refractivity (Wildman–Crippen MR) is 108 cm³/mol. The van der Waals surface area contributed by atoms with E-state index in [1.807, 2.05) is 16.8 Å². The lowest BCUT2D eigenvalue weighted by molar-refractivity contribution is -0.136. The third-order valence-electron chi connectivity index (χ3n) is 4.10. The van der Waals surface area contributed by atoms with E-state index in [0.29, 0.717) is 29.2 Å². The van der Waals surface area contributed by atoms with Crippen molar-refractivity contribution in [1.82, 2.24) is 20.3 Å². The van der Waals surface area contributed by atoms with Gasteiger partial charge in [0.25, 0.3) is 5.91 Å². The number of ether oxygens (including phenoxy) is 2. The molecule has 0 spiro atoms. The average molecular weight is 434 g/mol. The van der Waals surface area contributed by atoms with Crippen molar-refractivity contribution in [1.29, 1.82) is 0 Å². The van der Waals surface area contributed by atoms with Gasteiger partial charge in [-0.15, -0.1) is 27.8 Å². The van der Waals surface area contributed by atoms with Crippen LogP contribution in [0.1, 0.15) is 29.2 Å². The lowest BCUT2D eigenvalue weighted by atomic mass is 10.1. The molecule has 1 aliphatic heterocycles. The van der Waals surface area contributed by atoms with Crippen LogP contribution in [0.3, 0.4) is 0 Å². The molecule has 0 aromatic carbocycles. The van der Waals surface area contributed by atoms with Crippen LogP contribution in [0, 0.1) is 0 Å². The van der Waals surface area contributed by atoms with Gasteiger partial charge in [-0.05, 0) is 29.3 Å². The van der Waals surface area contributed by atoms with E-state index in [0.717, 1.165) is 16.9 Å². The molecule has 0 bridgehead atoms. The quantitative estimate of drug-likeness (QED) is 0.485. The lowest BCUT2D eigenvalue weighted by Gasteiger charge is -2.20. The van der Waals surface area contributed by atoms with Crippen LogP contribution < -0.4 is 14.8 Å². The SMILES string of the molecule is COc1sccc1-c1cn(C2CCC(=O)NC2=O)nn1.COc1sccc1C=O. The molecule has 2 amide bonds. The Labute approximate surface area is 174 Å². The Kier molecular flexibility index (Phi) is 6.73. The van der Waals surface area contributed by atoms with Crippen molar-refractivity contribution >= 4 is 40.8 Å². The maximum Gasteiger partial charge on any atom is 0.251 e. The van der Waals surface area contributed by atoms with Gasteiger partial charge in [0.1, 0.15) is 11.7 Å². The third-order valence-corrected chi connectivity index (χ3v) is 5.86. The number of carbonyl (C=O) groups is 3. The van der Waals surface area contributed by atoms with E-state index in [1.54, 1.807) is 26.5 Å². The second-order valence-electron chi connectivity index (χ2n) is 5.86. The molecule has 4 heterocycles. The number of amides is 2. The lowest BCUT2D eigenvalue weighted by Crippen LogP contribution is -2.41. The van der Waals surface area contributed by atoms with E-state index in [4.69, 9.17) is 9.47 Å². The summed E-state index contributed by atoms with van der Waals surface area (Å²) >= 11 is 2.89. The summed E-state index contributed by atoms with van der Waals surface area (Å²) in [4.78, 5) is 33.1. The Hall–Kier alpha value is -3.05. The minimum absolute atomic E-state index is 0.244. The maximum atomic E-state index is 11.8. The number of hydrogen-bond acceptors (Lipinski definition) is 9. The van der Waals surface area contributed by atoms with E-state index in [-0.39, 0.29) is 11.8 Å². The molecule has 29 heavy (non-hydrogen) atoms. The van der Waals surface area contributed by atoms with Crippen LogP contribution in [0.5, 0.6) is 10.1 Å². The monoisotopic (exact) mass is 434 g/mol. The number of carbonyl (C=O) groups excluding carboxylic acids is 3. The highest BCUT2D eigenvalue weighted by Gasteiger charge is 2.29. The molecule has 9 nitrogen and oxygen atoms in total. The molecular weight excluding hydrogens is 416 g/mol. The summed E-state index contributed by atoms with van der Waals surface area (Å²) < 4.78 is 11.6. The van der Waals surface area contributed by atoms with Crippen molar-refractivity contribution in [2.45, 2.75) is 18.9 Å². The van der Waals surface area contributed by atoms with E-state index < -0.39 is 6.04 Å². The number of piperidine rings is 1. The predicted octanol–water partition coefficient (Wildman–Crippen LogP) is 2.56. The average Bonchev–Trinajstić information content (AvgIpc) is 3.47. The van der Waals surface area contributed by atoms with Gasteiger partial charge in [-0.25, -0.2) is 4.68 Å². The Morgan fingerprint density at radius 3 is 2.55 bits per heavy atom. The molecule has 1 unspecified atom stereocenters. The fourth-order valence-corrected chi connectivity index (χ4v) is 4.10. The van der Waals surface area contributed by atoms with Crippen molar-refractivity contribution in [3.8, 4) is 21.4 Å². The molecule has 0 radical (unpaired) electrons. The molecule has 3 aromatic rings. The van der Waals surface area contributed by atoms with Crippen molar-refractivity contribution < 1.29 is 23.9 Å². The van der Waals surface area contributed by atoms with Gasteiger partial charge in [-0.3, -0.25) is 19.7 Å². The van der Waals surface area contributed by atoms with Gasteiger partial charge in [-0.1, -0.05) is 5.21 Å². The van der Waals surface area contributed by atoms with E-state index in [1.165, 1.54) is 27.4 Å². The first-order valence-corrected chi connectivity index (χ1v) is 10.3. The van der Waals surface area contributed by atoms with Crippen molar-refractivity contribution in [2.24, 2.45) is 0 Å². The highest BCUT2D eigenvalue weighted by molar-refractivity contribution is 7.12. The Bertz CT molecular complexity index is 1010. The third kappa shape index (κ3) is 4.69. The zero-order valence-corrected chi connectivity index (χ0v) is 17.3. The summed E-state index contributed by atoms with van der Waals surface area (Å²) in [6, 6.07) is 3.14. The normalized spacial score (nSPS) is 15.9. The number of nitrogens with one attached hydrogen (secondary N) is 1.